The quantitative estimate of drug-likeness (QED) is 0.111. The lowest BCUT2D eigenvalue weighted by Crippen LogP contribution is -2.25. The van der Waals surface area contributed by atoms with Gasteiger partial charge in [-0.05, 0) is 103 Å². The first-order valence-corrected chi connectivity index (χ1v) is 18.8. The van der Waals surface area contributed by atoms with E-state index in [1.54, 1.807) is 60.9 Å². The van der Waals surface area contributed by atoms with Crippen molar-refractivity contribution in [2.24, 2.45) is 0 Å². The molecule has 8 rings (SSSR count). The number of nitrogen functional groups attached to an aromatic ring is 1. The third kappa shape index (κ3) is 10.8. The van der Waals surface area contributed by atoms with Crippen LogP contribution in [0.4, 0.5) is 5.82 Å². The van der Waals surface area contributed by atoms with E-state index in [-0.39, 0.29) is 23.3 Å². The molecule has 0 bridgehead atoms. The predicted octanol–water partition coefficient (Wildman–Crippen LogP) is 8.38. The van der Waals surface area contributed by atoms with Crippen LogP contribution in [-0.4, -0.2) is 65.2 Å². The van der Waals surface area contributed by atoms with Gasteiger partial charge in [-0.25, -0.2) is 19.6 Å². The van der Waals surface area contributed by atoms with Crippen molar-refractivity contribution in [1.82, 2.24) is 40.4 Å². The maximum atomic E-state index is 12.5. The smallest absolute Gasteiger partial charge is 0.337 e. The molecule has 14 nitrogen and oxygen atoms in total. The van der Waals surface area contributed by atoms with Crippen LogP contribution >= 0.6 is 34.8 Å². The van der Waals surface area contributed by atoms with Crippen molar-refractivity contribution in [1.29, 1.82) is 0 Å². The molecule has 8 aromatic rings. The monoisotopic (exact) mass is 849 g/mol. The topological polar surface area (TPSA) is 212 Å². The largest absolute Gasteiger partial charge is 0.478 e. The fraction of sp³-hybridized carbons (Fsp3) is 0.119. The number of carbonyl (C=O) groups excluding carboxylic acids is 2. The number of nitrogens with two attached hydrogens (primary N) is 1. The third-order valence-corrected chi connectivity index (χ3v) is 9.40. The number of methoxy groups -OCH3 is 1. The molecule has 5 N–H and O–H groups in total. The SMILES string of the molecule is COC(=O)c1ccc2ncc(Cl)cc2c1.Cc1cc(N)nc(C)c1CNC(=O)c1n[nH]c(Cc2ccc3ncc(Cl)cc3c2)n1.O=C(O)c1ccc2ncc(Cl)cc2c1. The number of fused-ring (bicyclic) bond motifs is 3. The first kappa shape index (κ1) is 41.9. The minimum Gasteiger partial charge on any atom is -0.478 e. The Morgan fingerprint density at radius 1 is 0.746 bits per heavy atom. The molecule has 59 heavy (non-hydrogen) atoms. The number of esters is 1. The lowest BCUT2D eigenvalue weighted by molar-refractivity contribution is 0.0599. The van der Waals surface area contributed by atoms with E-state index in [0.29, 0.717) is 45.2 Å². The van der Waals surface area contributed by atoms with Crippen molar-refractivity contribution < 1.29 is 24.2 Å². The molecule has 17 heteroatoms. The van der Waals surface area contributed by atoms with Gasteiger partial charge in [-0.2, -0.15) is 0 Å². The highest BCUT2D eigenvalue weighted by molar-refractivity contribution is 6.31. The van der Waals surface area contributed by atoms with E-state index >= 15 is 0 Å². The summed E-state index contributed by atoms with van der Waals surface area (Å²) in [5, 5.41) is 22.6. The van der Waals surface area contributed by atoms with E-state index in [9.17, 15) is 14.4 Å². The number of H-pyrrole nitrogens is 1. The maximum Gasteiger partial charge on any atom is 0.337 e. The van der Waals surface area contributed by atoms with Crippen molar-refractivity contribution in [2.75, 3.05) is 12.8 Å². The summed E-state index contributed by atoms with van der Waals surface area (Å²) in [5.41, 5.74) is 12.6. The van der Waals surface area contributed by atoms with Gasteiger partial charge >= 0.3 is 11.9 Å². The highest BCUT2D eigenvalue weighted by Gasteiger charge is 2.15. The van der Waals surface area contributed by atoms with Gasteiger partial charge in [0.1, 0.15) is 11.6 Å². The number of hydrogen-bond donors (Lipinski definition) is 4. The fourth-order valence-electron chi connectivity index (χ4n) is 5.92. The van der Waals surface area contributed by atoms with Crippen LogP contribution in [0, 0.1) is 13.8 Å². The van der Waals surface area contributed by atoms with Crippen molar-refractivity contribution >= 4 is 91.2 Å². The standard InChI is InChI=1S/C21H20ClN7O.C11H8ClNO2.C10H6ClNO2/c1-11-5-18(23)26-12(2)16(11)10-25-21(30)20-27-19(28-29-20)7-13-3-4-17-14(6-13)8-15(22)9-24-17;1-15-11(14)7-2-3-10-8(4-7)5-9(12)6-13-10;11-8-4-7-3-6(10(13)14)1-2-9(7)12-5-8/h3-6,8-9H,7,10H2,1-2H3,(H2,23,26)(H,25,30)(H,27,28,29);2-6H,1H3;1-5H,(H,13,14). The second kappa shape index (κ2) is 18.7. The van der Waals surface area contributed by atoms with Gasteiger partial charge < -0.3 is 20.9 Å². The zero-order valence-electron chi connectivity index (χ0n) is 31.6. The van der Waals surface area contributed by atoms with Gasteiger partial charge in [0, 0.05) is 53.4 Å². The molecule has 0 fully saturated rings. The average molecular weight is 851 g/mol. The number of nitrogens with zero attached hydrogens (tertiary/aromatic N) is 6. The van der Waals surface area contributed by atoms with Crippen LogP contribution in [0.1, 0.15) is 59.5 Å². The number of nitrogens with one attached hydrogen (secondary N) is 2. The number of halogens is 3. The van der Waals surface area contributed by atoms with Crippen LogP contribution in [0.5, 0.6) is 0 Å². The number of pyridine rings is 4. The number of carbonyl (C=O) groups is 3. The van der Waals surface area contributed by atoms with Gasteiger partial charge in [-0.1, -0.05) is 40.9 Å². The van der Waals surface area contributed by atoms with Crippen LogP contribution in [-0.2, 0) is 17.7 Å². The number of ether oxygens (including phenoxy) is 1. The van der Waals surface area contributed by atoms with E-state index < -0.39 is 5.97 Å². The van der Waals surface area contributed by atoms with Gasteiger partial charge in [0.25, 0.3) is 5.91 Å². The lowest BCUT2D eigenvalue weighted by Gasteiger charge is -2.10. The number of anilines is 1. The summed E-state index contributed by atoms with van der Waals surface area (Å²) in [6.07, 6.45) is 5.23. The molecule has 0 spiro atoms. The normalized spacial score (nSPS) is 10.7. The van der Waals surface area contributed by atoms with Crippen molar-refractivity contribution in [3.05, 3.63) is 158 Å². The van der Waals surface area contributed by atoms with Crippen LogP contribution in [0.15, 0.2) is 97.5 Å². The molecule has 3 aromatic carbocycles. The van der Waals surface area contributed by atoms with Crippen LogP contribution in [0.2, 0.25) is 15.1 Å². The van der Waals surface area contributed by atoms with Crippen molar-refractivity contribution in [3.63, 3.8) is 0 Å². The Labute approximate surface area is 351 Å². The summed E-state index contributed by atoms with van der Waals surface area (Å²) >= 11 is 17.6. The number of aromatic nitrogens is 7. The zero-order valence-corrected chi connectivity index (χ0v) is 33.9. The van der Waals surface area contributed by atoms with Crippen molar-refractivity contribution in [2.45, 2.75) is 26.8 Å². The van der Waals surface area contributed by atoms with E-state index in [4.69, 9.17) is 45.6 Å². The minimum absolute atomic E-state index is 0.0919. The van der Waals surface area contributed by atoms with Crippen LogP contribution in [0.3, 0.4) is 0 Å². The zero-order chi connectivity index (χ0) is 42.2. The molecular formula is C42H34Cl3N9O5. The molecule has 298 valence electrons. The Kier molecular flexibility index (Phi) is 13.3. The number of hydrogen-bond acceptors (Lipinski definition) is 11. The molecular weight excluding hydrogens is 817 g/mol. The number of carboxylic acids is 1. The van der Waals surface area contributed by atoms with Gasteiger partial charge in [-0.3, -0.25) is 24.8 Å². The number of aromatic amines is 1. The first-order chi connectivity index (χ1) is 28.3. The second-order valence-corrected chi connectivity index (χ2v) is 14.3. The fourth-order valence-corrected chi connectivity index (χ4v) is 6.42. The van der Waals surface area contributed by atoms with Gasteiger partial charge in [0.2, 0.25) is 5.82 Å². The molecule has 0 radical (unpaired) electrons. The highest BCUT2D eigenvalue weighted by atomic mass is 35.5. The van der Waals surface area contributed by atoms with Crippen LogP contribution in [0.25, 0.3) is 32.7 Å². The average Bonchev–Trinajstić information content (AvgIpc) is 3.68. The Balaban J connectivity index is 0.000000168. The minimum atomic E-state index is -0.952. The van der Waals surface area contributed by atoms with E-state index in [2.05, 4.69) is 45.2 Å². The van der Waals surface area contributed by atoms with Gasteiger partial charge in [0.15, 0.2) is 0 Å². The predicted molar refractivity (Wildman–Crippen MR) is 227 cm³/mol. The molecule has 0 saturated carbocycles. The van der Waals surface area contributed by atoms with Gasteiger partial charge in [0.05, 0.1) is 49.9 Å². The number of benzene rings is 3. The molecule has 0 aliphatic rings. The second-order valence-electron chi connectivity index (χ2n) is 13.0. The summed E-state index contributed by atoms with van der Waals surface area (Å²) in [5.74, 6) is -0.526. The lowest BCUT2D eigenvalue weighted by atomic mass is 10.1. The molecule has 0 aliphatic heterocycles. The van der Waals surface area contributed by atoms with Crippen molar-refractivity contribution in [3.8, 4) is 0 Å². The van der Waals surface area contributed by atoms with E-state index in [0.717, 1.165) is 55.1 Å². The number of aromatic carboxylic acids is 1. The number of amides is 1. The molecule has 0 atom stereocenters. The molecule has 0 saturated heterocycles. The molecule has 1 amide bonds. The third-order valence-electron chi connectivity index (χ3n) is 8.78. The van der Waals surface area contributed by atoms with E-state index in [1.807, 2.05) is 38.1 Å². The molecule has 5 heterocycles. The summed E-state index contributed by atoms with van der Waals surface area (Å²) in [7, 11) is 1.35. The van der Waals surface area contributed by atoms with Crippen LogP contribution < -0.4 is 11.1 Å². The van der Waals surface area contributed by atoms with E-state index in [1.165, 1.54) is 19.4 Å². The molecule has 0 aliphatic carbocycles. The maximum absolute atomic E-state index is 12.5. The Morgan fingerprint density at radius 2 is 1.29 bits per heavy atom. The molecule has 0 unspecified atom stereocenters. The number of rotatable bonds is 7. The summed E-state index contributed by atoms with van der Waals surface area (Å²) in [6.45, 7) is 4.12. The highest BCUT2D eigenvalue weighted by Crippen LogP contribution is 2.21. The van der Waals surface area contributed by atoms with Gasteiger partial charge in [-0.15, -0.1) is 5.10 Å². The summed E-state index contributed by atoms with van der Waals surface area (Å²) < 4.78 is 4.62. The number of carboxylic acid groups (broad SMARTS) is 1. The Hall–Kier alpha value is -6.74. The summed E-state index contributed by atoms with van der Waals surface area (Å²) in [6, 6.07) is 22.9. The summed E-state index contributed by atoms with van der Waals surface area (Å²) in [4.78, 5) is 55.4. The first-order valence-electron chi connectivity index (χ1n) is 17.6. The number of aryl methyl sites for hydroxylation is 2. The molecule has 5 aromatic heterocycles. The Morgan fingerprint density at radius 3 is 1.85 bits per heavy atom. The Bertz CT molecular complexity index is 2850.